The highest BCUT2D eigenvalue weighted by Crippen LogP contribution is 2.07. The van der Waals surface area contributed by atoms with Crippen molar-refractivity contribution < 1.29 is 23.9 Å². The normalized spacial score (nSPS) is 11.3. The fraction of sp³-hybridized carbons (Fsp3) is 0.308. The Balaban J connectivity index is 2.83. The molecule has 1 atom stereocenters. The first-order chi connectivity index (χ1) is 8.99. The van der Waals surface area contributed by atoms with Gasteiger partial charge < -0.3 is 14.8 Å². The highest BCUT2D eigenvalue weighted by molar-refractivity contribution is 5.99. The second-order valence-electron chi connectivity index (χ2n) is 3.79. The van der Waals surface area contributed by atoms with Gasteiger partial charge in [-0.2, -0.15) is 0 Å². The molecule has 1 N–H and O–H groups in total. The maximum Gasteiger partial charge on any atom is 0.337 e. The third kappa shape index (κ3) is 3.80. The largest absolute Gasteiger partial charge is 0.467 e. The van der Waals surface area contributed by atoms with E-state index in [-0.39, 0.29) is 11.1 Å². The topological polar surface area (TPSA) is 81.7 Å². The number of esters is 2. The van der Waals surface area contributed by atoms with Gasteiger partial charge in [0, 0.05) is 5.56 Å². The minimum absolute atomic E-state index is 0.263. The number of carbonyl (C=O) groups excluding carboxylic acids is 3. The molecule has 0 heterocycles. The lowest BCUT2D eigenvalue weighted by Crippen LogP contribution is -2.39. The fourth-order valence-corrected chi connectivity index (χ4v) is 1.42. The first-order valence-corrected chi connectivity index (χ1v) is 5.56. The first kappa shape index (κ1) is 14.7. The van der Waals surface area contributed by atoms with E-state index < -0.39 is 23.9 Å². The molecule has 0 unspecified atom stereocenters. The van der Waals surface area contributed by atoms with Gasteiger partial charge in [0.2, 0.25) is 0 Å². The molecule has 0 saturated heterocycles. The Morgan fingerprint density at radius 2 is 1.74 bits per heavy atom. The number of nitrogens with one attached hydrogen (secondary N) is 1. The van der Waals surface area contributed by atoms with Gasteiger partial charge in [0.1, 0.15) is 6.04 Å². The van der Waals surface area contributed by atoms with E-state index in [1.807, 2.05) is 0 Å². The number of carbonyl (C=O) groups is 3. The predicted octanol–water partition coefficient (Wildman–Crippen LogP) is 0.764. The first-order valence-electron chi connectivity index (χ1n) is 5.56. The molecule has 0 aliphatic rings. The van der Waals surface area contributed by atoms with Gasteiger partial charge in [-0.3, -0.25) is 4.79 Å². The number of amides is 1. The number of methoxy groups -OCH3 is 2. The molecule has 6 heteroatoms. The van der Waals surface area contributed by atoms with E-state index in [0.29, 0.717) is 0 Å². The van der Waals surface area contributed by atoms with Crippen LogP contribution in [-0.2, 0) is 14.3 Å². The monoisotopic (exact) mass is 265 g/mol. The average Bonchev–Trinajstić information content (AvgIpc) is 2.45. The Hall–Kier alpha value is -2.37. The molecular weight excluding hydrogens is 250 g/mol. The van der Waals surface area contributed by atoms with E-state index >= 15 is 0 Å². The molecule has 0 spiro atoms. The minimum atomic E-state index is -0.765. The maximum atomic E-state index is 11.9. The lowest BCUT2D eigenvalue weighted by Gasteiger charge is -2.11. The molecule has 1 amide bonds. The van der Waals surface area contributed by atoms with Crippen LogP contribution in [0.1, 0.15) is 27.6 Å². The Bertz CT molecular complexity index is 498. The Labute approximate surface area is 110 Å². The summed E-state index contributed by atoms with van der Waals surface area (Å²) < 4.78 is 9.06. The van der Waals surface area contributed by atoms with E-state index in [1.165, 1.54) is 39.3 Å². The number of hydrogen-bond donors (Lipinski definition) is 1. The van der Waals surface area contributed by atoms with Crippen molar-refractivity contribution in [1.29, 1.82) is 0 Å². The summed E-state index contributed by atoms with van der Waals surface area (Å²) >= 11 is 0. The summed E-state index contributed by atoms with van der Waals surface area (Å²) in [6.45, 7) is 1.51. The summed E-state index contributed by atoms with van der Waals surface area (Å²) in [6.07, 6.45) is 0. The highest BCUT2D eigenvalue weighted by Gasteiger charge is 2.17. The van der Waals surface area contributed by atoms with Crippen LogP contribution in [0.2, 0.25) is 0 Å². The molecule has 102 valence electrons. The van der Waals surface area contributed by atoms with E-state index in [4.69, 9.17) is 0 Å². The molecule has 19 heavy (non-hydrogen) atoms. The van der Waals surface area contributed by atoms with Crippen molar-refractivity contribution in [1.82, 2.24) is 5.32 Å². The lowest BCUT2D eigenvalue weighted by atomic mass is 10.1. The molecule has 1 rings (SSSR count). The van der Waals surface area contributed by atoms with Crippen molar-refractivity contribution in [2.75, 3.05) is 14.2 Å². The van der Waals surface area contributed by atoms with Crippen molar-refractivity contribution >= 4 is 17.8 Å². The summed E-state index contributed by atoms with van der Waals surface area (Å²) in [7, 11) is 2.50. The molecule has 1 aromatic carbocycles. The van der Waals surface area contributed by atoms with Gasteiger partial charge in [0.15, 0.2) is 0 Å². The van der Waals surface area contributed by atoms with Crippen molar-refractivity contribution in [2.45, 2.75) is 13.0 Å². The standard InChI is InChI=1S/C13H15NO5/c1-8(12(16)18-2)14-11(15)9-5-4-6-10(7-9)13(17)19-3/h4-8H,1-3H3,(H,14,15)/t8-/m0/s1. The molecule has 0 aromatic heterocycles. The average molecular weight is 265 g/mol. The van der Waals surface area contributed by atoms with Crippen molar-refractivity contribution in [3.05, 3.63) is 35.4 Å². The molecule has 0 radical (unpaired) electrons. The highest BCUT2D eigenvalue weighted by atomic mass is 16.5. The summed E-state index contributed by atoms with van der Waals surface area (Å²) in [4.78, 5) is 34.4. The van der Waals surface area contributed by atoms with Crippen LogP contribution in [0.5, 0.6) is 0 Å². The van der Waals surface area contributed by atoms with E-state index in [2.05, 4.69) is 14.8 Å². The minimum Gasteiger partial charge on any atom is -0.467 e. The summed E-state index contributed by atoms with van der Waals surface area (Å²) in [5, 5.41) is 2.47. The van der Waals surface area contributed by atoms with Gasteiger partial charge in [-0.15, -0.1) is 0 Å². The van der Waals surface area contributed by atoms with E-state index in [9.17, 15) is 14.4 Å². The zero-order valence-electron chi connectivity index (χ0n) is 10.9. The summed E-state index contributed by atoms with van der Waals surface area (Å²) in [5.74, 6) is -1.54. The lowest BCUT2D eigenvalue weighted by molar-refractivity contribution is -0.142. The quantitative estimate of drug-likeness (QED) is 0.813. The third-order valence-corrected chi connectivity index (χ3v) is 2.45. The number of benzene rings is 1. The smallest absolute Gasteiger partial charge is 0.337 e. The molecule has 0 bridgehead atoms. The Kier molecular flexibility index (Phi) is 5.05. The zero-order chi connectivity index (χ0) is 14.4. The number of rotatable bonds is 4. The van der Waals surface area contributed by atoms with Crippen molar-refractivity contribution in [2.24, 2.45) is 0 Å². The van der Waals surface area contributed by atoms with Crippen LogP contribution in [0.4, 0.5) is 0 Å². The van der Waals surface area contributed by atoms with Gasteiger partial charge in [-0.1, -0.05) is 6.07 Å². The maximum absolute atomic E-state index is 11.9. The summed E-state index contributed by atoms with van der Waals surface area (Å²) in [6, 6.07) is 5.26. The third-order valence-electron chi connectivity index (χ3n) is 2.45. The van der Waals surface area contributed by atoms with Gasteiger partial charge in [0.05, 0.1) is 19.8 Å². The molecule has 0 saturated carbocycles. The van der Waals surface area contributed by atoms with E-state index in [1.54, 1.807) is 6.07 Å². The zero-order valence-corrected chi connectivity index (χ0v) is 10.9. The molecule has 1 aromatic rings. The molecule has 6 nitrogen and oxygen atoms in total. The van der Waals surface area contributed by atoms with Gasteiger partial charge >= 0.3 is 11.9 Å². The van der Waals surface area contributed by atoms with Crippen LogP contribution in [0, 0.1) is 0 Å². The SMILES string of the molecule is COC(=O)c1cccc(C(=O)N[C@@H](C)C(=O)OC)c1. The van der Waals surface area contributed by atoms with Gasteiger partial charge in [-0.25, -0.2) is 9.59 Å². The van der Waals surface area contributed by atoms with Gasteiger partial charge in [-0.05, 0) is 25.1 Å². The number of hydrogen-bond acceptors (Lipinski definition) is 5. The van der Waals surface area contributed by atoms with Crippen LogP contribution in [-0.4, -0.2) is 38.1 Å². The van der Waals surface area contributed by atoms with Crippen LogP contribution in [0.15, 0.2) is 24.3 Å². The Morgan fingerprint density at radius 3 is 2.32 bits per heavy atom. The predicted molar refractivity (Wildman–Crippen MR) is 66.7 cm³/mol. The Morgan fingerprint density at radius 1 is 1.11 bits per heavy atom. The second-order valence-corrected chi connectivity index (χ2v) is 3.79. The molecule has 0 aliphatic heterocycles. The van der Waals surface area contributed by atoms with E-state index in [0.717, 1.165) is 0 Å². The van der Waals surface area contributed by atoms with Crippen molar-refractivity contribution in [3.63, 3.8) is 0 Å². The van der Waals surface area contributed by atoms with Gasteiger partial charge in [0.25, 0.3) is 5.91 Å². The molecule has 0 fully saturated rings. The summed E-state index contributed by atoms with van der Waals surface area (Å²) in [5.41, 5.74) is 0.527. The van der Waals surface area contributed by atoms with Crippen LogP contribution in [0.3, 0.4) is 0 Å². The fourth-order valence-electron chi connectivity index (χ4n) is 1.42. The van der Waals surface area contributed by atoms with Crippen molar-refractivity contribution in [3.8, 4) is 0 Å². The molecular formula is C13H15NO5. The number of ether oxygens (including phenoxy) is 2. The van der Waals surface area contributed by atoms with Crippen LogP contribution >= 0.6 is 0 Å². The van der Waals surface area contributed by atoms with Crippen LogP contribution in [0.25, 0.3) is 0 Å². The second kappa shape index (κ2) is 6.53. The van der Waals surface area contributed by atoms with Crippen LogP contribution < -0.4 is 5.32 Å². The molecule has 0 aliphatic carbocycles.